The first-order valence-corrected chi connectivity index (χ1v) is 10.8. The number of hydrogen-bond acceptors (Lipinski definition) is 3. The van der Waals surface area contributed by atoms with E-state index in [1.165, 1.54) is 7.11 Å². The number of halogens is 1. The van der Waals surface area contributed by atoms with E-state index in [9.17, 15) is 4.79 Å². The number of ether oxygens (including phenoxy) is 1. The third-order valence-electron chi connectivity index (χ3n) is 5.21. The van der Waals surface area contributed by atoms with Crippen LogP contribution in [0.4, 0.5) is 0 Å². The molecule has 0 spiro atoms. The standard InChI is InChI=1S/C24H13B4ClO2S/c1-31-24(30)18-17(19(25)21(27)22(28)20(18)26)15-11-16(12-5-3-2-4-6-12)32-23(15)13-7-9-14(29)10-8-13/h2-11H,1H3. The third kappa shape index (κ3) is 3.96. The Bertz CT molecular complexity index is 1320. The lowest BCUT2D eigenvalue weighted by molar-refractivity contribution is 0.0603. The number of rotatable bonds is 4. The molecule has 0 aliphatic heterocycles. The monoisotopic (exact) mass is 444 g/mol. The number of thiophene rings is 1. The van der Waals surface area contributed by atoms with Gasteiger partial charge in [0, 0.05) is 20.3 Å². The van der Waals surface area contributed by atoms with Crippen molar-refractivity contribution in [3.8, 4) is 32.0 Å². The zero-order valence-corrected chi connectivity index (χ0v) is 18.8. The maximum atomic E-state index is 12.7. The van der Waals surface area contributed by atoms with E-state index in [4.69, 9.17) is 47.7 Å². The first kappa shape index (κ1) is 22.6. The van der Waals surface area contributed by atoms with E-state index in [1.54, 1.807) is 23.5 Å². The summed E-state index contributed by atoms with van der Waals surface area (Å²) < 4.78 is 5.00. The predicted molar refractivity (Wildman–Crippen MR) is 139 cm³/mol. The Morgan fingerprint density at radius 3 is 2.09 bits per heavy atom. The molecule has 0 saturated carbocycles. The van der Waals surface area contributed by atoms with Crippen molar-refractivity contribution >= 4 is 82.1 Å². The molecule has 146 valence electrons. The molecule has 0 saturated heterocycles. The van der Waals surface area contributed by atoms with Crippen LogP contribution in [0.1, 0.15) is 10.4 Å². The second kappa shape index (κ2) is 9.09. The van der Waals surface area contributed by atoms with Crippen molar-refractivity contribution in [1.29, 1.82) is 0 Å². The summed E-state index contributed by atoms with van der Waals surface area (Å²) in [5.41, 5.74) is 3.49. The number of benzene rings is 3. The van der Waals surface area contributed by atoms with Gasteiger partial charge >= 0.3 is 5.97 Å². The normalized spacial score (nSPS) is 10.8. The molecule has 8 radical (unpaired) electrons. The van der Waals surface area contributed by atoms with Crippen molar-refractivity contribution in [1.82, 2.24) is 0 Å². The molecule has 0 bridgehead atoms. The number of carbonyl (C=O) groups is 1. The van der Waals surface area contributed by atoms with Gasteiger partial charge in [-0.2, -0.15) is 0 Å². The number of methoxy groups -OCH3 is 1. The first-order chi connectivity index (χ1) is 15.3. The summed E-state index contributed by atoms with van der Waals surface area (Å²) in [5.74, 6) is -0.648. The Morgan fingerprint density at radius 2 is 1.47 bits per heavy atom. The fourth-order valence-electron chi connectivity index (χ4n) is 3.56. The van der Waals surface area contributed by atoms with E-state index in [1.807, 2.05) is 48.5 Å². The Morgan fingerprint density at radius 1 is 0.844 bits per heavy atom. The van der Waals surface area contributed by atoms with Crippen LogP contribution in [-0.2, 0) is 4.74 Å². The van der Waals surface area contributed by atoms with Crippen LogP contribution in [0.15, 0.2) is 60.7 Å². The SMILES string of the molecule is [B]c1c([B])c([B])c(-c2cc(-c3ccccc3)sc2-c2ccc(Cl)cc2)c(C(=O)OC)c1[B]. The predicted octanol–water partition coefficient (Wildman–Crippen LogP) is 2.36. The van der Waals surface area contributed by atoms with Gasteiger partial charge in [0.25, 0.3) is 0 Å². The quantitative estimate of drug-likeness (QED) is 0.357. The lowest BCUT2D eigenvalue weighted by Crippen LogP contribution is -2.50. The fraction of sp³-hybridized carbons (Fsp3) is 0.0417. The lowest BCUT2D eigenvalue weighted by atomic mass is 9.62. The highest BCUT2D eigenvalue weighted by molar-refractivity contribution is 7.19. The smallest absolute Gasteiger partial charge is 0.337 e. The van der Waals surface area contributed by atoms with E-state index in [2.05, 4.69) is 0 Å². The lowest BCUT2D eigenvalue weighted by Gasteiger charge is -2.21. The Balaban J connectivity index is 2.09. The topological polar surface area (TPSA) is 26.3 Å². The average Bonchev–Trinajstić information content (AvgIpc) is 3.25. The molecule has 32 heavy (non-hydrogen) atoms. The van der Waals surface area contributed by atoms with Gasteiger partial charge in [-0.05, 0) is 34.9 Å². The van der Waals surface area contributed by atoms with Gasteiger partial charge in [0.05, 0.1) is 12.7 Å². The minimum atomic E-state index is -0.648. The second-order valence-corrected chi connectivity index (χ2v) is 8.61. The summed E-state index contributed by atoms with van der Waals surface area (Å²) in [6, 6.07) is 19.3. The molecule has 0 unspecified atom stereocenters. The summed E-state index contributed by atoms with van der Waals surface area (Å²) in [6.07, 6.45) is 0. The summed E-state index contributed by atoms with van der Waals surface area (Å²) in [4.78, 5) is 14.6. The van der Waals surface area contributed by atoms with Gasteiger partial charge in [-0.1, -0.05) is 65.0 Å². The van der Waals surface area contributed by atoms with Crippen LogP contribution >= 0.6 is 22.9 Å². The minimum absolute atomic E-state index is 0.0352. The number of hydrogen-bond donors (Lipinski definition) is 0. The molecule has 0 atom stereocenters. The second-order valence-electron chi connectivity index (χ2n) is 7.12. The zero-order valence-electron chi connectivity index (χ0n) is 17.2. The van der Waals surface area contributed by atoms with E-state index >= 15 is 0 Å². The summed E-state index contributed by atoms with van der Waals surface area (Å²) in [6.45, 7) is 0. The fourth-order valence-corrected chi connectivity index (χ4v) is 4.86. The van der Waals surface area contributed by atoms with Crippen molar-refractivity contribution in [2.75, 3.05) is 7.11 Å². The minimum Gasteiger partial charge on any atom is -0.465 e. The van der Waals surface area contributed by atoms with Crippen molar-refractivity contribution in [3.63, 3.8) is 0 Å². The Hall–Kier alpha value is -2.62. The maximum absolute atomic E-state index is 12.7. The molecule has 0 amide bonds. The molecule has 4 aromatic rings. The first-order valence-electron chi connectivity index (χ1n) is 9.63. The van der Waals surface area contributed by atoms with Gasteiger partial charge in [-0.25, -0.2) is 4.79 Å². The summed E-state index contributed by atoms with van der Waals surface area (Å²) in [5, 5.41) is 0.617. The molecule has 8 heteroatoms. The van der Waals surface area contributed by atoms with Crippen LogP contribution in [0.3, 0.4) is 0 Å². The highest BCUT2D eigenvalue weighted by atomic mass is 35.5. The van der Waals surface area contributed by atoms with Crippen molar-refractivity contribution in [2.24, 2.45) is 0 Å². The number of esters is 1. The molecule has 4 rings (SSSR count). The molecular weight excluding hydrogens is 431 g/mol. The van der Waals surface area contributed by atoms with Gasteiger partial charge in [-0.3, -0.25) is 0 Å². The van der Waals surface area contributed by atoms with E-state index in [-0.39, 0.29) is 27.4 Å². The van der Waals surface area contributed by atoms with Crippen LogP contribution in [-0.4, -0.2) is 44.5 Å². The average molecular weight is 444 g/mol. The van der Waals surface area contributed by atoms with Crippen LogP contribution in [0.5, 0.6) is 0 Å². The molecular formula is C24H13B4ClO2S. The van der Waals surface area contributed by atoms with Crippen molar-refractivity contribution in [3.05, 3.63) is 71.2 Å². The molecule has 0 N–H and O–H groups in total. The van der Waals surface area contributed by atoms with Gasteiger partial charge in [0.1, 0.15) is 31.4 Å². The molecule has 1 aromatic heterocycles. The highest BCUT2D eigenvalue weighted by Crippen LogP contribution is 2.43. The highest BCUT2D eigenvalue weighted by Gasteiger charge is 2.25. The molecule has 2 nitrogen and oxygen atoms in total. The Labute approximate surface area is 201 Å². The van der Waals surface area contributed by atoms with Crippen LogP contribution in [0.25, 0.3) is 32.0 Å². The number of carbonyl (C=O) groups excluding carboxylic acids is 1. The van der Waals surface area contributed by atoms with E-state index in [0.717, 1.165) is 20.9 Å². The zero-order chi connectivity index (χ0) is 23.0. The van der Waals surface area contributed by atoms with Crippen molar-refractivity contribution in [2.45, 2.75) is 0 Å². The van der Waals surface area contributed by atoms with Crippen molar-refractivity contribution < 1.29 is 9.53 Å². The van der Waals surface area contributed by atoms with Gasteiger partial charge in [0.2, 0.25) is 0 Å². The van der Waals surface area contributed by atoms with E-state index < -0.39 is 5.97 Å². The molecule has 1 heterocycles. The van der Waals surface area contributed by atoms with E-state index in [0.29, 0.717) is 16.1 Å². The summed E-state index contributed by atoms with van der Waals surface area (Å²) >= 11 is 7.66. The van der Waals surface area contributed by atoms with Crippen LogP contribution in [0.2, 0.25) is 5.02 Å². The third-order valence-corrected chi connectivity index (χ3v) is 6.70. The molecule has 0 aliphatic rings. The van der Waals surface area contributed by atoms with Crippen LogP contribution in [0, 0.1) is 0 Å². The van der Waals surface area contributed by atoms with Gasteiger partial charge in [0.15, 0.2) is 0 Å². The van der Waals surface area contributed by atoms with Gasteiger partial charge < -0.3 is 4.74 Å². The Kier molecular flexibility index (Phi) is 6.41. The molecule has 3 aromatic carbocycles. The maximum Gasteiger partial charge on any atom is 0.337 e. The molecule has 0 fully saturated rings. The van der Waals surface area contributed by atoms with Crippen LogP contribution < -0.4 is 21.9 Å². The molecule has 0 aliphatic carbocycles. The summed E-state index contributed by atoms with van der Waals surface area (Å²) in [7, 11) is 26.1. The van der Waals surface area contributed by atoms with Gasteiger partial charge in [-0.15, -0.1) is 22.3 Å². The largest absolute Gasteiger partial charge is 0.465 e.